The van der Waals surface area contributed by atoms with E-state index in [0.717, 1.165) is 30.0 Å². The van der Waals surface area contributed by atoms with E-state index in [1.807, 2.05) is 75.4 Å². The fraction of sp³-hybridized carbons (Fsp3) is 0.391. The van der Waals surface area contributed by atoms with Gasteiger partial charge in [-0.25, -0.2) is 4.79 Å². The molecule has 6 heteroatoms. The average Bonchev–Trinajstić information content (AvgIpc) is 3.03. The summed E-state index contributed by atoms with van der Waals surface area (Å²) in [6.45, 7) is 7.06. The second-order valence-electron chi connectivity index (χ2n) is 8.36. The van der Waals surface area contributed by atoms with Crippen molar-refractivity contribution in [2.24, 2.45) is 5.41 Å². The first-order valence-electron chi connectivity index (χ1n) is 9.94. The van der Waals surface area contributed by atoms with Crippen LogP contribution in [0.3, 0.4) is 0 Å². The van der Waals surface area contributed by atoms with Crippen LogP contribution in [0.4, 0.5) is 0 Å². The molecule has 1 atom stereocenters. The predicted octanol–water partition coefficient (Wildman–Crippen LogP) is 4.88. The Labute approximate surface area is 177 Å². The van der Waals surface area contributed by atoms with Gasteiger partial charge < -0.3 is 10.1 Å². The number of para-hydroxylation sites is 1. The molecule has 1 aliphatic heterocycles. The molecule has 1 aliphatic rings. The topological polar surface area (TPSA) is 55.4 Å². The van der Waals surface area contributed by atoms with Crippen molar-refractivity contribution in [2.75, 3.05) is 12.4 Å². The van der Waals surface area contributed by atoms with Crippen LogP contribution in [0.15, 0.2) is 54.6 Å². The smallest absolute Gasteiger partial charge is 0.325 e. The lowest BCUT2D eigenvalue weighted by Crippen LogP contribution is -2.44. The second-order valence-corrected chi connectivity index (χ2v) is 9.60. The van der Waals surface area contributed by atoms with Gasteiger partial charge in [0.05, 0.1) is 13.0 Å². The van der Waals surface area contributed by atoms with Gasteiger partial charge in [0.2, 0.25) is 5.91 Å². The summed E-state index contributed by atoms with van der Waals surface area (Å²) in [4.78, 5) is 24.8. The van der Waals surface area contributed by atoms with Gasteiger partial charge in [-0.3, -0.25) is 4.79 Å². The molecule has 29 heavy (non-hydrogen) atoms. The average molecular weight is 414 g/mol. The van der Waals surface area contributed by atoms with Crippen LogP contribution in [0, 0.1) is 5.41 Å². The first-order chi connectivity index (χ1) is 13.8. The van der Waals surface area contributed by atoms with E-state index in [2.05, 4.69) is 5.32 Å². The Hall–Kier alpha value is -2.31. The number of likely N-dealkylation sites (tertiary alicyclic amines) is 1. The van der Waals surface area contributed by atoms with Crippen LogP contribution in [0.2, 0.25) is 0 Å². The molecule has 0 saturated carbocycles. The highest BCUT2D eigenvalue weighted by Crippen LogP contribution is 2.34. The van der Waals surface area contributed by atoms with Gasteiger partial charge in [0, 0.05) is 17.4 Å². The van der Waals surface area contributed by atoms with E-state index >= 15 is 0 Å². The number of hydrogen-bond donors (Lipinski definition) is 1. The molecule has 0 aromatic heterocycles. The molecule has 154 valence electrons. The van der Waals surface area contributed by atoms with Gasteiger partial charge in [-0.15, -0.1) is 0 Å². The van der Waals surface area contributed by atoms with E-state index < -0.39 is 5.41 Å². The van der Waals surface area contributed by atoms with Crippen LogP contribution >= 0.6 is 11.9 Å². The van der Waals surface area contributed by atoms with Gasteiger partial charge >= 0.3 is 5.91 Å². The monoisotopic (exact) mass is 413 g/mol. The molecule has 1 saturated heterocycles. The summed E-state index contributed by atoms with van der Waals surface area (Å²) in [5, 5.41) is 2.95. The van der Waals surface area contributed by atoms with E-state index in [9.17, 15) is 9.59 Å². The summed E-state index contributed by atoms with van der Waals surface area (Å²) in [5.41, 5.74) is 0.643. The molecular weight excluding hydrogens is 384 g/mol. The summed E-state index contributed by atoms with van der Waals surface area (Å²) >= 11 is 1.51. The van der Waals surface area contributed by atoms with Crippen molar-refractivity contribution in [3.63, 3.8) is 0 Å². The van der Waals surface area contributed by atoms with Gasteiger partial charge in [0.25, 0.3) is 0 Å². The second kappa shape index (κ2) is 9.01. The van der Waals surface area contributed by atoms with E-state index in [4.69, 9.17) is 4.74 Å². The van der Waals surface area contributed by atoms with Crippen molar-refractivity contribution in [3.05, 3.63) is 60.2 Å². The zero-order chi connectivity index (χ0) is 20.9. The number of ether oxygens (including phenoxy) is 1. The molecule has 5 nitrogen and oxygen atoms in total. The normalized spacial score (nSPS) is 19.2. The summed E-state index contributed by atoms with van der Waals surface area (Å²) < 4.78 is 6.17. The van der Waals surface area contributed by atoms with Crippen molar-refractivity contribution < 1.29 is 18.2 Å². The highest BCUT2D eigenvalue weighted by atomic mass is 32.2. The number of carbonyl (C=O) groups excluding carboxylic acids is 2. The number of quaternary nitrogens is 1. The van der Waals surface area contributed by atoms with Crippen LogP contribution in [0.5, 0.6) is 11.5 Å². The molecule has 1 N–H and O–H groups in total. The zero-order valence-corrected chi connectivity index (χ0v) is 18.1. The Morgan fingerprint density at radius 2 is 1.72 bits per heavy atom. The molecular formula is C23H29N2O3S+. The molecule has 2 amide bonds. The SMILES string of the molecule is CC(C)(C)C(=O)NCS[N+]1(Cc2ccc(Oc3ccccc3)cc2)CCCC1=O. The molecule has 2 aromatic rings. The quantitative estimate of drug-likeness (QED) is 0.399. The summed E-state index contributed by atoms with van der Waals surface area (Å²) in [6, 6.07) is 17.6. The Morgan fingerprint density at radius 3 is 2.31 bits per heavy atom. The first kappa shape index (κ1) is 21.4. The highest BCUT2D eigenvalue weighted by Gasteiger charge is 2.43. The van der Waals surface area contributed by atoms with Gasteiger partial charge in [0.1, 0.15) is 35.9 Å². The number of rotatable bonds is 7. The van der Waals surface area contributed by atoms with Crippen molar-refractivity contribution in [3.8, 4) is 11.5 Å². The standard InChI is InChI=1S/C23H28N2O3S/c1-23(2,3)22(27)24-17-29-25(15-7-10-21(25)26)16-18-11-13-20(14-12-18)28-19-8-5-4-6-9-19/h4-6,8-9,11-14H,7,10,15-17H2,1-3H3/p+1. The maximum atomic E-state index is 12.7. The Kier molecular flexibility index (Phi) is 6.65. The molecule has 1 heterocycles. The molecule has 1 unspecified atom stereocenters. The Morgan fingerprint density at radius 1 is 1.07 bits per heavy atom. The third kappa shape index (κ3) is 5.61. The number of carbonyl (C=O) groups is 2. The first-order valence-corrected chi connectivity index (χ1v) is 10.9. The Balaban J connectivity index is 1.64. The van der Waals surface area contributed by atoms with Crippen molar-refractivity contribution in [1.82, 2.24) is 5.32 Å². The maximum absolute atomic E-state index is 12.7. The lowest BCUT2D eigenvalue weighted by atomic mass is 9.96. The summed E-state index contributed by atoms with van der Waals surface area (Å²) in [7, 11) is 0. The fourth-order valence-electron chi connectivity index (χ4n) is 3.23. The summed E-state index contributed by atoms with van der Waals surface area (Å²) in [5.74, 6) is 2.21. The minimum atomic E-state index is -0.436. The minimum absolute atomic E-state index is 0.00258. The van der Waals surface area contributed by atoms with Crippen LogP contribution < -0.4 is 10.1 Å². The lowest BCUT2D eigenvalue weighted by molar-refractivity contribution is -0.721. The summed E-state index contributed by atoms with van der Waals surface area (Å²) in [6.07, 6.45) is 1.48. The maximum Gasteiger partial charge on any atom is 0.325 e. The molecule has 1 fully saturated rings. The molecule has 0 radical (unpaired) electrons. The number of benzene rings is 2. The van der Waals surface area contributed by atoms with Gasteiger partial charge in [-0.05, 0) is 36.4 Å². The van der Waals surface area contributed by atoms with E-state index in [1.165, 1.54) is 11.9 Å². The highest BCUT2D eigenvalue weighted by molar-refractivity contribution is 7.94. The molecule has 0 aliphatic carbocycles. The number of nitrogens with zero attached hydrogens (tertiary/aromatic N) is 1. The minimum Gasteiger partial charge on any atom is -0.457 e. The van der Waals surface area contributed by atoms with Crippen LogP contribution in [-0.4, -0.2) is 28.1 Å². The van der Waals surface area contributed by atoms with Crippen LogP contribution in [0.1, 0.15) is 39.2 Å². The zero-order valence-electron chi connectivity index (χ0n) is 17.3. The Bertz CT molecular complexity index is 847. The molecule has 0 bridgehead atoms. The van der Waals surface area contributed by atoms with E-state index in [0.29, 0.717) is 22.7 Å². The van der Waals surface area contributed by atoms with Crippen LogP contribution in [0.25, 0.3) is 0 Å². The van der Waals surface area contributed by atoms with E-state index in [1.54, 1.807) is 0 Å². The number of amides is 2. The number of hydrogen-bond acceptors (Lipinski definition) is 4. The third-order valence-corrected chi connectivity index (χ3v) is 6.21. The molecule has 0 spiro atoms. The van der Waals surface area contributed by atoms with Gasteiger partial charge in [-0.2, -0.15) is 3.89 Å². The van der Waals surface area contributed by atoms with Gasteiger partial charge in [0.15, 0.2) is 0 Å². The largest absolute Gasteiger partial charge is 0.457 e. The van der Waals surface area contributed by atoms with Crippen molar-refractivity contribution in [2.45, 2.75) is 40.2 Å². The van der Waals surface area contributed by atoms with Crippen LogP contribution in [-0.2, 0) is 16.1 Å². The third-order valence-electron chi connectivity index (χ3n) is 4.93. The fourth-order valence-corrected chi connectivity index (χ4v) is 4.41. The van der Waals surface area contributed by atoms with Crippen molar-refractivity contribution >= 4 is 23.8 Å². The van der Waals surface area contributed by atoms with E-state index in [-0.39, 0.29) is 11.8 Å². The number of nitrogens with one attached hydrogen (secondary N) is 1. The lowest BCUT2D eigenvalue weighted by Gasteiger charge is -2.29. The predicted molar refractivity (Wildman–Crippen MR) is 116 cm³/mol. The molecule has 3 rings (SSSR count). The van der Waals surface area contributed by atoms with Gasteiger partial charge in [-0.1, -0.05) is 39.0 Å². The van der Waals surface area contributed by atoms with Crippen molar-refractivity contribution in [1.29, 1.82) is 0 Å². The molecule has 2 aromatic carbocycles.